The lowest BCUT2D eigenvalue weighted by molar-refractivity contribution is -0.136. The lowest BCUT2D eigenvalue weighted by Gasteiger charge is -2.08. The van der Waals surface area contributed by atoms with Crippen molar-refractivity contribution >= 4 is 57.9 Å². The number of fused-ring (bicyclic) bond motifs is 1. The van der Waals surface area contributed by atoms with E-state index in [0.717, 1.165) is 23.3 Å². The van der Waals surface area contributed by atoms with Crippen LogP contribution in [0.25, 0.3) is 0 Å². The number of nitrogens with one attached hydrogen (secondary N) is 2. The average Bonchev–Trinajstić information content (AvgIpc) is 3.46. The van der Waals surface area contributed by atoms with Crippen LogP contribution in [0.3, 0.4) is 0 Å². The molecule has 0 atom stereocenters. The predicted molar refractivity (Wildman–Crippen MR) is 140 cm³/mol. The Morgan fingerprint density at radius 1 is 1.03 bits per heavy atom. The van der Waals surface area contributed by atoms with Crippen LogP contribution in [-0.2, 0) is 27.2 Å². The fraction of sp³-hybridized carbons (Fsp3) is 0.192. The molecule has 190 valence electrons. The van der Waals surface area contributed by atoms with Gasteiger partial charge in [-0.15, -0.1) is 11.3 Å². The Labute approximate surface area is 221 Å². The summed E-state index contributed by atoms with van der Waals surface area (Å²) in [5, 5.41) is 6.84. The molecule has 1 aromatic heterocycles. The molecule has 4 rings (SSSR count). The van der Waals surface area contributed by atoms with Gasteiger partial charge in [-0.05, 0) is 56.0 Å². The van der Waals surface area contributed by atoms with Crippen LogP contribution in [-0.4, -0.2) is 36.6 Å². The molecule has 0 aliphatic heterocycles. The lowest BCUT2D eigenvalue weighted by atomic mass is 10.1. The van der Waals surface area contributed by atoms with Gasteiger partial charge in [0.15, 0.2) is 0 Å². The standard InChI is InChI=1S/C26H22ClN3O6S/c1-2-35-26(34)21-17-10-7-13-20(17)37-24(21)29-22(31)23(32)30-28-14-15-8-3-6-12-19(15)36-25(33)16-9-4-5-11-18(16)27/h3-6,8-9,11-12,14H,2,7,10,13H2,1H3,(H,29,31)(H,30,32). The first-order valence-electron chi connectivity index (χ1n) is 11.4. The number of benzene rings is 2. The molecule has 0 saturated heterocycles. The van der Waals surface area contributed by atoms with Gasteiger partial charge in [-0.1, -0.05) is 35.9 Å². The van der Waals surface area contributed by atoms with E-state index in [1.807, 2.05) is 0 Å². The van der Waals surface area contributed by atoms with Crippen molar-refractivity contribution in [3.8, 4) is 5.75 Å². The zero-order valence-corrected chi connectivity index (χ0v) is 21.3. The highest BCUT2D eigenvalue weighted by molar-refractivity contribution is 7.17. The predicted octanol–water partition coefficient (Wildman–Crippen LogP) is 4.37. The van der Waals surface area contributed by atoms with Crippen molar-refractivity contribution in [1.82, 2.24) is 5.43 Å². The number of hydrazone groups is 1. The van der Waals surface area contributed by atoms with Crippen LogP contribution >= 0.6 is 22.9 Å². The third-order valence-corrected chi connectivity index (χ3v) is 6.96. The highest BCUT2D eigenvalue weighted by Gasteiger charge is 2.29. The zero-order chi connectivity index (χ0) is 26.4. The van der Waals surface area contributed by atoms with E-state index in [1.54, 1.807) is 49.4 Å². The Kier molecular flexibility index (Phi) is 8.32. The topological polar surface area (TPSA) is 123 Å². The van der Waals surface area contributed by atoms with E-state index in [2.05, 4.69) is 15.8 Å². The van der Waals surface area contributed by atoms with Gasteiger partial charge in [0.2, 0.25) is 0 Å². The number of aryl methyl sites for hydroxylation is 1. The van der Waals surface area contributed by atoms with Crippen LogP contribution in [0.1, 0.15) is 50.1 Å². The third kappa shape index (κ3) is 6.04. The number of amides is 2. The van der Waals surface area contributed by atoms with Gasteiger partial charge < -0.3 is 14.8 Å². The van der Waals surface area contributed by atoms with Gasteiger partial charge in [-0.2, -0.15) is 5.10 Å². The normalized spacial score (nSPS) is 12.2. The van der Waals surface area contributed by atoms with Crippen molar-refractivity contribution in [2.75, 3.05) is 11.9 Å². The molecule has 3 aromatic rings. The highest BCUT2D eigenvalue weighted by Crippen LogP contribution is 2.39. The van der Waals surface area contributed by atoms with E-state index in [4.69, 9.17) is 21.1 Å². The number of rotatable bonds is 7. The Hall–Kier alpha value is -4.02. The van der Waals surface area contributed by atoms with Crippen molar-refractivity contribution < 1.29 is 28.7 Å². The molecule has 2 aromatic carbocycles. The summed E-state index contributed by atoms with van der Waals surface area (Å²) in [5.41, 5.74) is 3.88. The highest BCUT2D eigenvalue weighted by atomic mass is 35.5. The second-order valence-electron chi connectivity index (χ2n) is 7.84. The van der Waals surface area contributed by atoms with Crippen molar-refractivity contribution in [3.05, 3.63) is 80.7 Å². The van der Waals surface area contributed by atoms with Crippen molar-refractivity contribution in [1.29, 1.82) is 0 Å². The largest absolute Gasteiger partial charge is 0.462 e. The third-order valence-electron chi connectivity index (χ3n) is 5.42. The van der Waals surface area contributed by atoms with Crippen LogP contribution < -0.4 is 15.5 Å². The molecular weight excluding hydrogens is 518 g/mol. The van der Waals surface area contributed by atoms with Gasteiger partial charge >= 0.3 is 23.8 Å². The fourth-order valence-electron chi connectivity index (χ4n) is 3.74. The number of hydrogen-bond acceptors (Lipinski definition) is 8. The molecule has 0 unspecified atom stereocenters. The van der Waals surface area contributed by atoms with Crippen LogP contribution in [0, 0.1) is 0 Å². The smallest absolute Gasteiger partial charge is 0.345 e. The van der Waals surface area contributed by atoms with E-state index < -0.39 is 23.8 Å². The number of anilines is 1. The molecule has 2 N–H and O–H groups in total. The SMILES string of the molecule is CCOC(=O)c1c(NC(=O)C(=O)NN=Cc2ccccc2OC(=O)c2ccccc2Cl)sc2c1CCC2. The van der Waals surface area contributed by atoms with Gasteiger partial charge in [0.05, 0.1) is 29.0 Å². The number of nitrogens with zero attached hydrogens (tertiary/aromatic N) is 1. The van der Waals surface area contributed by atoms with Gasteiger partial charge in [-0.25, -0.2) is 15.0 Å². The first-order chi connectivity index (χ1) is 17.9. The zero-order valence-electron chi connectivity index (χ0n) is 19.7. The number of carbonyl (C=O) groups is 4. The Morgan fingerprint density at radius 2 is 1.78 bits per heavy atom. The number of thiophene rings is 1. The molecule has 0 bridgehead atoms. The average molecular weight is 540 g/mol. The molecule has 0 spiro atoms. The first-order valence-corrected chi connectivity index (χ1v) is 12.6. The Morgan fingerprint density at radius 3 is 2.57 bits per heavy atom. The molecule has 2 amide bonds. The van der Waals surface area contributed by atoms with Crippen LogP contribution in [0.5, 0.6) is 5.75 Å². The summed E-state index contributed by atoms with van der Waals surface area (Å²) in [6, 6.07) is 13.0. The van der Waals surface area contributed by atoms with Crippen molar-refractivity contribution in [2.24, 2.45) is 5.10 Å². The Balaban J connectivity index is 1.41. The van der Waals surface area contributed by atoms with Gasteiger partial charge in [0.25, 0.3) is 0 Å². The fourth-order valence-corrected chi connectivity index (χ4v) is 5.23. The van der Waals surface area contributed by atoms with Gasteiger partial charge in [0.1, 0.15) is 10.8 Å². The summed E-state index contributed by atoms with van der Waals surface area (Å²) in [4.78, 5) is 50.8. The summed E-state index contributed by atoms with van der Waals surface area (Å²) in [6.45, 7) is 1.89. The summed E-state index contributed by atoms with van der Waals surface area (Å²) in [5.74, 6) is -3.03. The maximum Gasteiger partial charge on any atom is 0.345 e. The van der Waals surface area contributed by atoms with Crippen LogP contribution in [0.4, 0.5) is 5.00 Å². The van der Waals surface area contributed by atoms with Gasteiger partial charge in [-0.3, -0.25) is 9.59 Å². The molecule has 0 radical (unpaired) electrons. The first kappa shape index (κ1) is 26.1. The van der Waals surface area contributed by atoms with Crippen molar-refractivity contribution in [3.63, 3.8) is 0 Å². The monoisotopic (exact) mass is 539 g/mol. The van der Waals surface area contributed by atoms with Crippen LogP contribution in [0.15, 0.2) is 53.6 Å². The summed E-state index contributed by atoms with van der Waals surface area (Å²) in [6.07, 6.45) is 3.68. The van der Waals surface area contributed by atoms with Gasteiger partial charge in [0, 0.05) is 10.4 Å². The number of ether oxygens (including phenoxy) is 2. The molecule has 37 heavy (non-hydrogen) atoms. The number of carbonyl (C=O) groups excluding carboxylic acids is 4. The van der Waals surface area contributed by atoms with E-state index in [0.29, 0.717) is 17.5 Å². The molecule has 11 heteroatoms. The minimum atomic E-state index is -1.04. The van der Waals surface area contributed by atoms with Crippen molar-refractivity contribution in [2.45, 2.75) is 26.2 Å². The van der Waals surface area contributed by atoms with Crippen LogP contribution in [0.2, 0.25) is 5.02 Å². The molecule has 0 saturated carbocycles. The molecule has 9 nitrogen and oxygen atoms in total. The quantitative estimate of drug-likeness (QED) is 0.151. The molecule has 0 fully saturated rings. The minimum Gasteiger partial charge on any atom is -0.462 e. The molecule has 1 aliphatic carbocycles. The number of para-hydroxylation sites is 1. The number of halogens is 1. The summed E-state index contributed by atoms with van der Waals surface area (Å²) < 4.78 is 10.6. The van der Waals surface area contributed by atoms with E-state index in [1.165, 1.54) is 23.6 Å². The maximum absolute atomic E-state index is 12.5. The molecule has 1 aliphatic rings. The van der Waals surface area contributed by atoms with E-state index in [-0.39, 0.29) is 27.9 Å². The number of esters is 2. The van der Waals surface area contributed by atoms with E-state index >= 15 is 0 Å². The number of hydrogen-bond donors (Lipinski definition) is 2. The maximum atomic E-state index is 12.5. The Bertz CT molecular complexity index is 1400. The summed E-state index contributed by atoms with van der Waals surface area (Å²) >= 11 is 7.32. The second kappa shape index (κ2) is 11.8. The lowest BCUT2D eigenvalue weighted by Crippen LogP contribution is -2.32. The molecule has 1 heterocycles. The minimum absolute atomic E-state index is 0.182. The summed E-state index contributed by atoms with van der Waals surface area (Å²) in [7, 11) is 0. The molecular formula is C26H22ClN3O6S. The van der Waals surface area contributed by atoms with E-state index in [9.17, 15) is 19.2 Å². The second-order valence-corrected chi connectivity index (χ2v) is 9.35.